The van der Waals surface area contributed by atoms with Crippen molar-refractivity contribution in [1.82, 2.24) is 0 Å². The number of ketones is 1. The normalized spacial score (nSPS) is 10.5. The van der Waals surface area contributed by atoms with Gasteiger partial charge in [-0.1, -0.05) is 31.1 Å². The number of rotatable bonds is 14. The fraction of sp³-hybridized carbons (Fsp3) is 0.263. The third-order valence-corrected chi connectivity index (χ3v) is 6.89. The molecule has 5 N–H and O–H groups in total. The summed E-state index contributed by atoms with van der Waals surface area (Å²) in [5, 5.41) is 31.3. The topological polar surface area (TPSA) is 196 Å². The van der Waals surface area contributed by atoms with Crippen molar-refractivity contribution in [1.29, 1.82) is 0 Å². The summed E-state index contributed by atoms with van der Waals surface area (Å²) in [4.78, 5) is 40.3. The number of carboxylic acid groups (broad SMARTS) is 1. The predicted octanol–water partition coefficient (Wildman–Crippen LogP) is 7.24. The highest BCUT2D eigenvalue weighted by Gasteiger charge is 2.13. The number of oxime groups is 1. The molecule has 0 aliphatic carbocycles. The lowest BCUT2D eigenvalue weighted by Crippen LogP contribution is -2.11. The number of Topliss-reactive ketones (excluding diaryl/α,β-unsaturated/α-hetero) is 1. The second-order valence-corrected chi connectivity index (χ2v) is 10.8. The molecule has 4 aromatic rings. The maximum Gasteiger partial charge on any atom is 0.347 e. The van der Waals surface area contributed by atoms with Crippen LogP contribution in [0.4, 0.5) is 8.78 Å². The third kappa shape index (κ3) is 14.6. The zero-order valence-electron chi connectivity index (χ0n) is 29.9. The van der Waals surface area contributed by atoms with Crippen LogP contribution in [-0.4, -0.2) is 58.6 Å². The zero-order valence-corrected chi connectivity index (χ0v) is 29.9. The lowest BCUT2D eigenvalue weighted by molar-refractivity contribution is -0.148. The number of benzene rings is 4. The Labute approximate surface area is 305 Å². The molecule has 13 nitrogen and oxygen atoms in total. The van der Waals surface area contributed by atoms with Crippen LogP contribution in [0.3, 0.4) is 0 Å². The molecule has 0 unspecified atom stereocenters. The van der Waals surface area contributed by atoms with E-state index >= 15 is 0 Å². The van der Waals surface area contributed by atoms with Crippen LogP contribution in [0, 0.1) is 11.6 Å². The number of halogens is 2. The largest absolute Gasteiger partial charge is 0.504 e. The highest BCUT2D eigenvalue weighted by molar-refractivity contribution is 5.98. The highest BCUT2D eigenvalue weighted by atomic mass is 19.1. The number of nitrogens with two attached hydrogens (primary N) is 1. The second-order valence-electron chi connectivity index (χ2n) is 10.8. The minimum atomic E-state index is -1.06. The van der Waals surface area contributed by atoms with Gasteiger partial charge in [0.2, 0.25) is 6.61 Å². The van der Waals surface area contributed by atoms with Gasteiger partial charge in [0.1, 0.15) is 0 Å². The minimum absolute atomic E-state index is 0.0291. The zero-order chi connectivity index (χ0) is 39.5. The van der Waals surface area contributed by atoms with E-state index in [1.807, 2.05) is 13.8 Å². The summed E-state index contributed by atoms with van der Waals surface area (Å²) >= 11 is 0. The van der Waals surface area contributed by atoms with E-state index in [0.29, 0.717) is 11.3 Å². The van der Waals surface area contributed by atoms with Gasteiger partial charge < -0.3 is 34.4 Å². The van der Waals surface area contributed by atoms with E-state index in [9.17, 15) is 33.4 Å². The highest BCUT2D eigenvalue weighted by Crippen LogP contribution is 2.34. The third-order valence-electron chi connectivity index (χ3n) is 6.89. The average Bonchev–Trinajstić information content (AvgIpc) is 3.11. The lowest BCUT2D eigenvalue weighted by atomic mass is 10.1. The summed E-state index contributed by atoms with van der Waals surface area (Å²) in [5.41, 5.74) is 3.04. The molecule has 4 aromatic carbocycles. The number of esters is 1. The number of carboxylic acids is 1. The van der Waals surface area contributed by atoms with Crippen molar-refractivity contribution in [2.75, 3.05) is 19.8 Å². The van der Waals surface area contributed by atoms with Gasteiger partial charge in [0, 0.05) is 11.1 Å². The summed E-state index contributed by atoms with van der Waals surface area (Å²) in [6, 6.07) is 18.2. The van der Waals surface area contributed by atoms with Crippen LogP contribution in [-0.2, 0) is 36.8 Å². The molecule has 0 radical (unpaired) electrons. The van der Waals surface area contributed by atoms with E-state index in [0.717, 1.165) is 30.0 Å². The molecule has 4 rings (SSSR count). The summed E-state index contributed by atoms with van der Waals surface area (Å²) in [7, 11) is 0. The van der Waals surface area contributed by atoms with Crippen LogP contribution in [0.2, 0.25) is 0 Å². The van der Waals surface area contributed by atoms with Crippen LogP contribution in [0.5, 0.6) is 34.5 Å². The smallest absolute Gasteiger partial charge is 0.347 e. The number of aryl methyl sites for hydroxylation is 2. The van der Waals surface area contributed by atoms with Gasteiger partial charge in [0.15, 0.2) is 58.5 Å². The fourth-order valence-electron chi connectivity index (χ4n) is 4.09. The van der Waals surface area contributed by atoms with Gasteiger partial charge in [-0.3, -0.25) is 9.63 Å². The Morgan fingerprint density at radius 1 is 0.698 bits per heavy atom. The number of ether oxygens (including phenoxy) is 3. The number of aliphatic carboxylic acids is 1. The second kappa shape index (κ2) is 22.0. The molecule has 0 heterocycles. The average molecular weight is 741 g/mol. The first-order valence-electron chi connectivity index (χ1n) is 16.2. The van der Waals surface area contributed by atoms with Crippen LogP contribution in [0.1, 0.15) is 61.7 Å². The molecular formula is C38H42F2N2O11. The molecule has 0 atom stereocenters. The number of nitrogens with zero attached hydrogens (tertiary/aromatic N) is 1. The molecule has 0 aliphatic rings. The van der Waals surface area contributed by atoms with Crippen molar-refractivity contribution >= 4 is 23.4 Å². The van der Waals surface area contributed by atoms with E-state index in [1.54, 1.807) is 56.3 Å². The van der Waals surface area contributed by atoms with Crippen molar-refractivity contribution < 1.29 is 62.4 Å². The number of aromatic hydroxyl groups is 2. The number of phenols is 2. The number of carbonyl (C=O) groups is 3. The molecule has 0 spiro atoms. The summed E-state index contributed by atoms with van der Waals surface area (Å²) in [6.45, 7) is 8.12. The van der Waals surface area contributed by atoms with Gasteiger partial charge >= 0.3 is 11.9 Å². The first-order valence-corrected chi connectivity index (χ1v) is 16.2. The number of phenolic OH excluding ortho intramolecular Hbond substituents is 2. The van der Waals surface area contributed by atoms with E-state index in [-0.39, 0.29) is 59.1 Å². The van der Waals surface area contributed by atoms with Gasteiger partial charge in [-0.05, 0) is 105 Å². The van der Waals surface area contributed by atoms with Crippen LogP contribution < -0.4 is 15.4 Å². The maximum atomic E-state index is 14.3. The van der Waals surface area contributed by atoms with Gasteiger partial charge in [0.05, 0.1) is 12.3 Å². The molecule has 0 aliphatic heterocycles. The van der Waals surface area contributed by atoms with E-state index in [4.69, 9.17) is 24.2 Å². The van der Waals surface area contributed by atoms with Gasteiger partial charge in [0.25, 0.3) is 0 Å². The molecule has 0 saturated carbocycles. The molecule has 284 valence electrons. The summed E-state index contributed by atoms with van der Waals surface area (Å²) in [6.07, 6.45) is 1.56. The van der Waals surface area contributed by atoms with E-state index < -0.39 is 30.2 Å². The molecule has 0 amide bonds. The van der Waals surface area contributed by atoms with Crippen molar-refractivity contribution in [3.05, 3.63) is 107 Å². The van der Waals surface area contributed by atoms with Crippen molar-refractivity contribution in [3.63, 3.8) is 0 Å². The van der Waals surface area contributed by atoms with Gasteiger partial charge in [-0.25, -0.2) is 24.3 Å². The summed E-state index contributed by atoms with van der Waals surface area (Å²) in [5.74, 6) is 1.47. The quantitative estimate of drug-likeness (QED) is 0.0438. The Bertz CT molecular complexity index is 1880. The predicted molar refractivity (Wildman–Crippen MR) is 190 cm³/mol. The molecule has 0 fully saturated rings. The first kappa shape index (κ1) is 43.1. The van der Waals surface area contributed by atoms with Crippen LogP contribution in [0.15, 0.2) is 78.0 Å². The summed E-state index contributed by atoms with van der Waals surface area (Å²) < 4.78 is 43.7. The molecule has 15 heteroatoms. The Kier molecular flexibility index (Phi) is 17.9. The standard InChI is InChI=1S/C20H22FNO5.C16H15FO3.C2H5NO3/c1-4-14-6-8-19(17(23)10-14)27-18-9-7-15(11-16(18)21)13(3)22-26-12-20(24)25-5-2;1-3-11-4-6-16(14(19)8-11)20-15-7-5-12(10(2)18)9-13(15)17;3-6-1-2(4)5/h6-11,23H,4-5,12H2,1-3H3;4-9,19H,3H2,1-2H3;1,3H2,(H,4,5)/b22-13+;;. The van der Waals surface area contributed by atoms with Crippen LogP contribution >= 0.6 is 0 Å². The lowest BCUT2D eigenvalue weighted by Gasteiger charge is -2.10. The molecule has 0 bridgehead atoms. The SMILES string of the molecule is CCOC(=O)CO/N=C(\C)c1ccc(Oc2ccc(CC)cc2O)c(F)c1.CCc1ccc(Oc2ccc(C(C)=O)cc2F)c(O)c1.NOCC(=O)O. The van der Waals surface area contributed by atoms with Gasteiger partial charge in [-0.15, -0.1) is 0 Å². The van der Waals surface area contributed by atoms with Crippen LogP contribution in [0.25, 0.3) is 0 Å². The molecule has 0 aromatic heterocycles. The van der Waals surface area contributed by atoms with Crippen molar-refractivity contribution in [2.45, 2.75) is 47.5 Å². The van der Waals surface area contributed by atoms with Crippen molar-refractivity contribution in [2.24, 2.45) is 11.1 Å². The number of hydrogen-bond donors (Lipinski definition) is 4. The van der Waals surface area contributed by atoms with E-state index in [1.165, 1.54) is 31.2 Å². The Hall–Kier alpha value is -6.06. The van der Waals surface area contributed by atoms with E-state index in [2.05, 4.69) is 15.9 Å². The molecule has 53 heavy (non-hydrogen) atoms. The fourth-order valence-corrected chi connectivity index (χ4v) is 4.09. The van der Waals surface area contributed by atoms with Crippen molar-refractivity contribution in [3.8, 4) is 34.5 Å². The minimum Gasteiger partial charge on any atom is -0.504 e. The Morgan fingerprint density at radius 3 is 1.55 bits per heavy atom. The first-order chi connectivity index (χ1) is 25.2. The van der Waals surface area contributed by atoms with Gasteiger partial charge in [-0.2, -0.15) is 0 Å². The maximum absolute atomic E-state index is 14.3. The molecular weight excluding hydrogens is 698 g/mol. The number of carbonyl (C=O) groups excluding carboxylic acids is 2. The monoisotopic (exact) mass is 740 g/mol. The Balaban J connectivity index is 0.000000328. The Morgan fingerprint density at radius 2 is 1.17 bits per heavy atom. The number of hydrogen-bond acceptors (Lipinski definition) is 12. The molecule has 0 saturated heterocycles.